The van der Waals surface area contributed by atoms with Crippen molar-refractivity contribution in [1.29, 1.82) is 0 Å². The van der Waals surface area contributed by atoms with Gasteiger partial charge in [0.2, 0.25) is 16.7 Å². The summed E-state index contributed by atoms with van der Waals surface area (Å²) >= 11 is 5.92. The molecule has 27 heavy (non-hydrogen) atoms. The summed E-state index contributed by atoms with van der Waals surface area (Å²) in [5.74, 6) is 0.00419. The van der Waals surface area contributed by atoms with Gasteiger partial charge in [-0.1, -0.05) is 23.7 Å². The Kier molecular flexibility index (Phi) is 5.83. The van der Waals surface area contributed by atoms with Gasteiger partial charge in [0.05, 0.1) is 6.61 Å². The van der Waals surface area contributed by atoms with Gasteiger partial charge in [-0.3, -0.25) is 4.72 Å². The number of esters is 1. The van der Waals surface area contributed by atoms with Gasteiger partial charge in [-0.15, -0.1) is 0 Å². The second kappa shape index (κ2) is 8.28. The van der Waals surface area contributed by atoms with Crippen molar-refractivity contribution in [2.45, 2.75) is 6.92 Å². The van der Waals surface area contributed by atoms with Gasteiger partial charge >= 0.3 is 5.97 Å². The van der Waals surface area contributed by atoms with Crippen molar-refractivity contribution in [2.24, 2.45) is 0 Å². The number of nitrogens with one attached hydrogen (secondary N) is 1. The summed E-state index contributed by atoms with van der Waals surface area (Å²) in [7, 11) is -2.74. The number of hydrogen-bond acceptors (Lipinski definition) is 5. The van der Waals surface area contributed by atoms with Gasteiger partial charge in [-0.2, -0.15) is 0 Å². The summed E-state index contributed by atoms with van der Waals surface area (Å²) in [5, 5.41) is 0.593. The van der Waals surface area contributed by atoms with E-state index in [0.717, 1.165) is 5.56 Å². The van der Waals surface area contributed by atoms with Crippen molar-refractivity contribution >= 4 is 34.1 Å². The molecule has 0 radical (unpaired) electrons. The molecule has 140 valence electrons. The molecule has 0 bridgehead atoms. The van der Waals surface area contributed by atoms with Crippen LogP contribution in [-0.2, 0) is 15.6 Å². The van der Waals surface area contributed by atoms with E-state index in [2.05, 4.69) is 4.72 Å². The second-order valence-corrected chi connectivity index (χ2v) is 6.70. The van der Waals surface area contributed by atoms with Gasteiger partial charge in [0.15, 0.2) is 0 Å². The summed E-state index contributed by atoms with van der Waals surface area (Å²) in [4.78, 5) is 12.3. The van der Waals surface area contributed by atoms with Gasteiger partial charge in [-0.05, 0) is 55.0 Å². The lowest BCUT2D eigenvalue weighted by atomic mass is 10.0. The van der Waals surface area contributed by atoms with E-state index in [0.29, 0.717) is 27.6 Å². The molecule has 0 fully saturated rings. The fourth-order valence-electron chi connectivity index (χ4n) is 2.54. The fraction of sp³-hybridized carbons (Fsp3) is 0.105. The van der Waals surface area contributed by atoms with Crippen molar-refractivity contribution in [3.05, 3.63) is 65.4 Å². The van der Waals surface area contributed by atoms with E-state index in [1.165, 1.54) is 0 Å². The highest BCUT2D eigenvalue weighted by molar-refractivity contribution is 7.73. The predicted octanol–water partition coefficient (Wildman–Crippen LogP) is 4.38. The van der Waals surface area contributed by atoms with Crippen LogP contribution in [0.15, 0.2) is 59.0 Å². The molecule has 0 spiro atoms. The number of furan rings is 1. The van der Waals surface area contributed by atoms with Gasteiger partial charge in [0.1, 0.15) is 5.76 Å². The Morgan fingerprint density at radius 2 is 1.70 bits per heavy atom. The van der Waals surface area contributed by atoms with Gasteiger partial charge in [0.25, 0.3) is 0 Å². The van der Waals surface area contributed by atoms with Crippen LogP contribution < -0.4 is 4.72 Å². The minimum Gasteiger partial charge on any atom is -0.460 e. The third-order valence-electron chi connectivity index (χ3n) is 3.74. The summed E-state index contributed by atoms with van der Waals surface area (Å²) in [6.07, 6.45) is 0. The first-order valence-electron chi connectivity index (χ1n) is 8.06. The Morgan fingerprint density at radius 1 is 1.07 bits per heavy atom. The molecular weight excluding hydrogens is 390 g/mol. The quantitative estimate of drug-likeness (QED) is 0.469. The van der Waals surface area contributed by atoms with E-state index in [1.807, 2.05) is 0 Å². The molecule has 8 heteroatoms. The maximum Gasteiger partial charge on any atom is 0.374 e. The van der Waals surface area contributed by atoms with Crippen LogP contribution >= 0.6 is 11.6 Å². The molecule has 0 aliphatic heterocycles. The standard InChI is InChI=1S/C19H16ClNO5S/c1-2-25-19(22)18-16(12-5-9-15(10-6-12)21-27(23)24)11-17(26-18)13-3-7-14(20)8-4-13/h3-11,27H,2H2,1H3,(H,21,23,24). The van der Waals surface area contributed by atoms with Crippen LogP contribution in [0.2, 0.25) is 5.02 Å². The predicted molar refractivity (Wildman–Crippen MR) is 104 cm³/mol. The molecule has 0 amide bonds. The van der Waals surface area contributed by atoms with Crippen LogP contribution in [0.3, 0.4) is 0 Å². The first-order valence-corrected chi connectivity index (χ1v) is 9.62. The topological polar surface area (TPSA) is 85.6 Å². The van der Waals surface area contributed by atoms with Crippen LogP contribution in [0.1, 0.15) is 17.5 Å². The molecule has 0 aliphatic rings. The van der Waals surface area contributed by atoms with E-state index in [4.69, 9.17) is 20.8 Å². The Labute approximate surface area is 162 Å². The molecule has 0 aliphatic carbocycles. The zero-order chi connectivity index (χ0) is 19.4. The molecule has 0 atom stereocenters. The molecular formula is C19H16ClNO5S. The highest BCUT2D eigenvalue weighted by atomic mass is 35.5. The third kappa shape index (κ3) is 4.50. The van der Waals surface area contributed by atoms with E-state index in [-0.39, 0.29) is 12.4 Å². The van der Waals surface area contributed by atoms with Crippen LogP contribution in [0.25, 0.3) is 22.5 Å². The maximum absolute atomic E-state index is 12.3. The van der Waals surface area contributed by atoms with Crippen molar-refractivity contribution in [2.75, 3.05) is 11.3 Å². The highest BCUT2D eigenvalue weighted by Crippen LogP contribution is 2.34. The van der Waals surface area contributed by atoms with Gasteiger partial charge in [-0.25, -0.2) is 13.2 Å². The minimum atomic E-state index is -2.74. The molecule has 0 saturated carbocycles. The maximum atomic E-state index is 12.3. The summed E-state index contributed by atoms with van der Waals surface area (Å²) < 4.78 is 34.7. The lowest BCUT2D eigenvalue weighted by Gasteiger charge is -2.04. The normalized spacial score (nSPS) is 10.8. The van der Waals surface area contributed by atoms with Gasteiger partial charge < -0.3 is 9.15 Å². The van der Waals surface area contributed by atoms with Gasteiger partial charge in [0, 0.05) is 21.8 Å². The summed E-state index contributed by atoms with van der Waals surface area (Å²) in [6.45, 7) is 1.93. The van der Waals surface area contributed by atoms with E-state index in [9.17, 15) is 13.2 Å². The molecule has 1 N–H and O–H groups in total. The van der Waals surface area contributed by atoms with Crippen molar-refractivity contribution in [1.82, 2.24) is 0 Å². The van der Waals surface area contributed by atoms with Crippen LogP contribution in [0, 0.1) is 0 Å². The Bertz CT molecular complexity index is 1020. The summed E-state index contributed by atoms with van der Waals surface area (Å²) in [5.41, 5.74) is 2.43. The second-order valence-electron chi connectivity index (χ2n) is 5.53. The average molecular weight is 406 g/mol. The number of ether oxygens (including phenoxy) is 1. The number of anilines is 1. The number of halogens is 1. The van der Waals surface area contributed by atoms with Crippen LogP contribution in [-0.4, -0.2) is 21.0 Å². The highest BCUT2D eigenvalue weighted by Gasteiger charge is 2.21. The summed E-state index contributed by atoms with van der Waals surface area (Å²) in [6, 6.07) is 15.4. The van der Waals surface area contributed by atoms with Crippen LogP contribution in [0.4, 0.5) is 5.69 Å². The first kappa shape index (κ1) is 19.0. The van der Waals surface area contributed by atoms with Crippen molar-refractivity contribution in [3.63, 3.8) is 0 Å². The van der Waals surface area contributed by atoms with Crippen LogP contribution in [0.5, 0.6) is 0 Å². The fourth-order valence-corrected chi connectivity index (χ4v) is 3.03. The van der Waals surface area contributed by atoms with E-state index >= 15 is 0 Å². The number of hydrogen-bond donors (Lipinski definition) is 2. The Morgan fingerprint density at radius 3 is 2.30 bits per heavy atom. The SMILES string of the molecule is CCOC(=O)c1oc(-c2ccc(Cl)cc2)cc1-c1ccc(N[SH](=O)=O)cc1. The number of carbonyl (C=O) groups excluding carboxylic acids is 1. The molecule has 0 unspecified atom stereocenters. The first-order chi connectivity index (χ1) is 13.0. The number of rotatable bonds is 6. The molecule has 6 nitrogen and oxygen atoms in total. The van der Waals surface area contributed by atoms with E-state index < -0.39 is 16.9 Å². The molecule has 0 saturated heterocycles. The number of thiol groups is 1. The Balaban J connectivity index is 2.04. The van der Waals surface area contributed by atoms with Crippen molar-refractivity contribution in [3.8, 4) is 22.5 Å². The molecule has 3 aromatic rings. The zero-order valence-corrected chi connectivity index (χ0v) is 15.9. The smallest absolute Gasteiger partial charge is 0.374 e. The molecule has 1 aromatic heterocycles. The number of carbonyl (C=O) groups is 1. The molecule has 2 aromatic carbocycles. The number of benzene rings is 2. The largest absolute Gasteiger partial charge is 0.460 e. The third-order valence-corrected chi connectivity index (χ3v) is 4.43. The molecule has 1 heterocycles. The Hall–Kier alpha value is -2.77. The lowest BCUT2D eigenvalue weighted by molar-refractivity contribution is 0.0492. The minimum absolute atomic E-state index is 0.0809. The molecule has 3 rings (SSSR count). The van der Waals surface area contributed by atoms with E-state index in [1.54, 1.807) is 61.5 Å². The lowest BCUT2D eigenvalue weighted by Crippen LogP contribution is -2.04. The van der Waals surface area contributed by atoms with Crippen molar-refractivity contribution < 1.29 is 22.4 Å². The average Bonchev–Trinajstić information content (AvgIpc) is 3.08. The zero-order valence-electron chi connectivity index (χ0n) is 14.3. The monoisotopic (exact) mass is 405 g/mol.